The standard InChI is InChI=1S/C15H27N3O/c1-7-12-17-13(16-8-2)11(3)14(18-12)19-10-9-15(4,5)6/h7-10H2,1-6H3,(H,16,17,18). The van der Waals surface area contributed by atoms with Gasteiger partial charge in [-0.2, -0.15) is 4.98 Å². The fourth-order valence-corrected chi connectivity index (χ4v) is 1.63. The number of ether oxygens (including phenoxy) is 1. The molecule has 0 aliphatic heterocycles. The van der Waals surface area contributed by atoms with E-state index in [9.17, 15) is 0 Å². The predicted octanol–water partition coefficient (Wildman–Crippen LogP) is 3.59. The van der Waals surface area contributed by atoms with E-state index in [-0.39, 0.29) is 5.41 Å². The average Bonchev–Trinajstić information content (AvgIpc) is 2.32. The molecular weight excluding hydrogens is 238 g/mol. The second-order valence-electron chi connectivity index (χ2n) is 5.96. The highest BCUT2D eigenvalue weighted by Gasteiger charge is 2.13. The van der Waals surface area contributed by atoms with E-state index in [2.05, 4.69) is 49.9 Å². The van der Waals surface area contributed by atoms with Crippen LogP contribution < -0.4 is 10.1 Å². The van der Waals surface area contributed by atoms with E-state index in [0.717, 1.165) is 36.6 Å². The maximum Gasteiger partial charge on any atom is 0.221 e. The molecule has 19 heavy (non-hydrogen) atoms. The van der Waals surface area contributed by atoms with Crippen LogP contribution in [-0.4, -0.2) is 23.1 Å². The molecule has 0 aliphatic rings. The lowest BCUT2D eigenvalue weighted by Crippen LogP contribution is -2.14. The summed E-state index contributed by atoms with van der Waals surface area (Å²) >= 11 is 0. The van der Waals surface area contributed by atoms with Crippen LogP contribution in [0.3, 0.4) is 0 Å². The number of nitrogens with one attached hydrogen (secondary N) is 1. The molecule has 0 spiro atoms. The molecule has 0 amide bonds. The summed E-state index contributed by atoms with van der Waals surface area (Å²) < 4.78 is 5.85. The molecular formula is C15H27N3O. The van der Waals surface area contributed by atoms with E-state index < -0.39 is 0 Å². The Hall–Kier alpha value is -1.32. The SMILES string of the molecule is CCNc1nc(CC)nc(OCCC(C)(C)C)c1C. The number of nitrogens with zero attached hydrogens (tertiary/aromatic N) is 2. The fourth-order valence-electron chi connectivity index (χ4n) is 1.63. The first-order chi connectivity index (χ1) is 8.87. The molecule has 1 aromatic rings. The monoisotopic (exact) mass is 265 g/mol. The Morgan fingerprint density at radius 3 is 2.37 bits per heavy atom. The van der Waals surface area contributed by atoms with Crippen LogP contribution in [0.2, 0.25) is 0 Å². The van der Waals surface area contributed by atoms with Gasteiger partial charge >= 0.3 is 0 Å². The van der Waals surface area contributed by atoms with Crippen molar-refractivity contribution in [3.05, 3.63) is 11.4 Å². The van der Waals surface area contributed by atoms with Crippen molar-refractivity contribution in [2.75, 3.05) is 18.5 Å². The zero-order valence-electron chi connectivity index (χ0n) is 13.1. The highest BCUT2D eigenvalue weighted by Crippen LogP contribution is 2.24. The van der Waals surface area contributed by atoms with Gasteiger partial charge < -0.3 is 10.1 Å². The first-order valence-electron chi connectivity index (χ1n) is 7.11. The number of hydrogen-bond donors (Lipinski definition) is 1. The normalized spacial score (nSPS) is 11.5. The topological polar surface area (TPSA) is 47.0 Å². The summed E-state index contributed by atoms with van der Waals surface area (Å²) in [6.07, 6.45) is 1.82. The van der Waals surface area contributed by atoms with Crippen molar-refractivity contribution in [3.8, 4) is 5.88 Å². The van der Waals surface area contributed by atoms with Crippen LogP contribution in [0.25, 0.3) is 0 Å². The van der Waals surface area contributed by atoms with Crippen molar-refractivity contribution in [1.29, 1.82) is 0 Å². The quantitative estimate of drug-likeness (QED) is 0.853. The maximum atomic E-state index is 5.85. The Kier molecular flexibility index (Phi) is 5.58. The van der Waals surface area contributed by atoms with Gasteiger partial charge in [-0.3, -0.25) is 0 Å². The van der Waals surface area contributed by atoms with Gasteiger partial charge in [0, 0.05) is 13.0 Å². The molecule has 4 nitrogen and oxygen atoms in total. The summed E-state index contributed by atoms with van der Waals surface area (Å²) in [6, 6.07) is 0. The first kappa shape index (κ1) is 15.7. The van der Waals surface area contributed by atoms with Crippen LogP contribution in [0.15, 0.2) is 0 Å². The van der Waals surface area contributed by atoms with Crippen molar-refractivity contribution in [2.24, 2.45) is 5.41 Å². The molecule has 0 bridgehead atoms. The van der Waals surface area contributed by atoms with Gasteiger partial charge in [0.2, 0.25) is 5.88 Å². The molecule has 0 aliphatic carbocycles. The van der Waals surface area contributed by atoms with E-state index in [1.54, 1.807) is 0 Å². The van der Waals surface area contributed by atoms with E-state index in [1.807, 2.05) is 6.92 Å². The summed E-state index contributed by atoms with van der Waals surface area (Å²) in [6.45, 7) is 14.3. The number of rotatable bonds is 6. The Morgan fingerprint density at radius 1 is 1.16 bits per heavy atom. The van der Waals surface area contributed by atoms with Crippen LogP contribution in [0.4, 0.5) is 5.82 Å². The second-order valence-corrected chi connectivity index (χ2v) is 5.96. The van der Waals surface area contributed by atoms with Gasteiger partial charge in [0.15, 0.2) is 0 Å². The molecule has 1 aromatic heterocycles. The van der Waals surface area contributed by atoms with E-state index >= 15 is 0 Å². The zero-order chi connectivity index (χ0) is 14.5. The van der Waals surface area contributed by atoms with Gasteiger partial charge in [0.25, 0.3) is 0 Å². The predicted molar refractivity (Wildman–Crippen MR) is 79.9 cm³/mol. The van der Waals surface area contributed by atoms with Gasteiger partial charge in [-0.1, -0.05) is 27.7 Å². The molecule has 0 saturated carbocycles. The molecule has 108 valence electrons. The number of aromatic nitrogens is 2. The van der Waals surface area contributed by atoms with Crippen LogP contribution in [0.5, 0.6) is 5.88 Å². The van der Waals surface area contributed by atoms with Crippen LogP contribution in [0, 0.1) is 12.3 Å². The molecule has 1 rings (SSSR count). The molecule has 0 saturated heterocycles. The van der Waals surface area contributed by atoms with Crippen molar-refractivity contribution >= 4 is 5.82 Å². The van der Waals surface area contributed by atoms with Gasteiger partial charge in [-0.15, -0.1) is 0 Å². The van der Waals surface area contributed by atoms with E-state index in [4.69, 9.17) is 4.74 Å². The highest BCUT2D eigenvalue weighted by molar-refractivity contribution is 5.48. The first-order valence-corrected chi connectivity index (χ1v) is 7.11. The minimum Gasteiger partial charge on any atom is -0.477 e. The van der Waals surface area contributed by atoms with E-state index in [1.165, 1.54) is 0 Å². The van der Waals surface area contributed by atoms with Gasteiger partial charge in [0.1, 0.15) is 11.6 Å². The van der Waals surface area contributed by atoms with Gasteiger partial charge in [0.05, 0.1) is 12.2 Å². The van der Waals surface area contributed by atoms with Crippen molar-refractivity contribution in [2.45, 2.75) is 54.4 Å². The number of aryl methyl sites for hydroxylation is 1. The lowest BCUT2D eigenvalue weighted by atomic mass is 9.93. The summed E-state index contributed by atoms with van der Waals surface area (Å²) in [4.78, 5) is 8.98. The fraction of sp³-hybridized carbons (Fsp3) is 0.733. The Labute approximate surface area is 117 Å². The molecule has 4 heteroatoms. The minimum absolute atomic E-state index is 0.277. The Morgan fingerprint density at radius 2 is 1.84 bits per heavy atom. The lowest BCUT2D eigenvalue weighted by molar-refractivity contribution is 0.234. The van der Waals surface area contributed by atoms with Crippen LogP contribution >= 0.6 is 0 Å². The summed E-state index contributed by atoms with van der Waals surface area (Å²) in [7, 11) is 0. The van der Waals surface area contributed by atoms with E-state index in [0.29, 0.717) is 12.5 Å². The number of anilines is 1. The third-order valence-corrected chi connectivity index (χ3v) is 2.90. The van der Waals surface area contributed by atoms with Gasteiger partial charge in [-0.25, -0.2) is 4.98 Å². The smallest absolute Gasteiger partial charge is 0.221 e. The molecule has 0 radical (unpaired) electrons. The number of hydrogen-bond acceptors (Lipinski definition) is 4. The maximum absolute atomic E-state index is 5.85. The summed E-state index contributed by atoms with van der Waals surface area (Å²) in [5.74, 6) is 2.43. The molecule has 1 N–H and O–H groups in total. The second kappa shape index (κ2) is 6.73. The third-order valence-electron chi connectivity index (χ3n) is 2.90. The largest absolute Gasteiger partial charge is 0.477 e. The van der Waals surface area contributed by atoms with Crippen LogP contribution in [0.1, 0.15) is 52.4 Å². The highest BCUT2D eigenvalue weighted by atomic mass is 16.5. The van der Waals surface area contributed by atoms with Crippen molar-refractivity contribution in [3.63, 3.8) is 0 Å². The molecule has 1 heterocycles. The minimum atomic E-state index is 0.277. The van der Waals surface area contributed by atoms with Gasteiger partial charge in [-0.05, 0) is 25.7 Å². The molecule has 0 atom stereocenters. The summed E-state index contributed by atoms with van der Waals surface area (Å²) in [5, 5.41) is 3.27. The van der Waals surface area contributed by atoms with Crippen LogP contribution in [-0.2, 0) is 6.42 Å². The molecule has 0 unspecified atom stereocenters. The molecule has 0 aromatic carbocycles. The summed E-state index contributed by atoms with van der Waals surface area (Å²) in [5.41, 5.74) is 1.27. The Balaban J connectivity index is 2.83. The lowest BCUT2D eigenvalue weighted by Gasteiger charge is -2.19. The molecule has 0 fully saturated rings. The Bertz CT molecular complexity index is 411. The zero-order valence-corrected chi connectivity index (χ0v) is 13.1. The third kappa shape index (κ3) is 5.05. The average molecular weight is 265 g/mol. The van der Waals surface area contributed by atoms with Crippen molar-refractivity contribution < 1.29 is 4.74 Å². The van der Waals surface area contributed by atoms with Crippen molar-refractivity contribution in [1.82, 2.24) is 9.97 Å².